The lowest BCUT2D eigenvalue weighted by atomic mass is 10.0. The van der Waals surface area contributed by atoms with Crippen LogP contribution in [0.2, 0.25) is 0 Å². The van der Waals surface area contributed by atoms with E-state index in [-0.39, 0.29) is 0 Å². The van der Waals surface area contributed by atoms with Gasteiger partial charge in [0.25, 0.3) is 0 Å². The van der Waals surface area contributed by atoms with Gasteiger partial charge in [-0.05, 0) is 26.0 Å². The molecule has 2 aromatic heterocycles. The van der Waals surface area contributed by atoms with E-state index >= 15 is 0 Å². The molecule has 0 radical (unpaired) electrons. The molecule has 0 saturated heterocycles. The first-order valence-electron chi connectivity index (χ1n) is 6.68. The molecular formula is C14H21N3S. The van der Waals surface area contributed by atoms with Crippen LogP contribution >= 0.6 is 11.3 Å². The molecule has 3 nitrogen and oxygen atoms in total. The molecule has 1 N–H and O–H groups in total. The Morgan fingerprint density at radius 3 is 2.89 bits per heavy atom. The molecule has 1 unspecified atom stereocenters. The average molecular weight is 263 g/mol. The van der Waals surface area contributed by atoms with E-state index in [4.69, 9.17) is 0 Å². The standard InChI is InChI=1S/C14H21N3S/c1-4-6-11(15-5-2)8-13-12-7-10(3)18-14(12)17-9-16-13/h7,9,11,15H,4-6,8H2,1-3H3. The Balaban J connectivity index is 2.23. The Bertz CT molecular complexity index is 501. The highest BCUT2D eigenvalue weighted by Gasteiger charge is 2.12. The Labute approximate surface area is 113 Å². The van der Waals surface area contributed by atoms with Gasteiger partial charge in [-0.1, -0.05) is 20.3 Å². The molecule has 0 spiro atoms. The van der Waals surface area contributed by atoms with Gasteiger partial charge in [0.1, 0.15) is 11.2 Å². The molecule has 2 heterocycles. The molecule has 0 aliphatic heterocycles. The van der Waals surface area contributed by atoms with Crippen molar-refractivity contribution in [2.75, 3.05) is 6.54 Å². The van der Waals surface area contributed by atoms with Crippen molar-refractivity contribution in [1.29, 1.82) is 0 Å². The van der Waals surface area contributed by atoms with E-state index in [0.717, 1.165) is 17.8 Å². The van der Waals surface area contributed by atoms with Gasteiger partial charge in [0.15, 0.2) is 0 Å². The fourth-order valence-corrected chi connectivity index (χ4v) is 3.20. The molecular weight excluding hydrogens is 242 g/mol. The van der Waals surface area contributed by atoms with E-state index in [0.29, 0.717) is 6.04 Å². The molecule has 0 bridgehead atoms. The van der Waals surface area contributed by atoms with E-state index in [1.165, 1.54) is 28.8 Å². The van der Waals surface area contributed by atoms with Crippen LogP contribution in [0, 0.1) is 6.92 Å². The Morgan fingerprint density at radius 2 is 2.17 bits per heavy atom. The third-order valence-electron chi connectivity index (χ3n) is 3.10. The number of rotatable bonds is 6. The monoisotopic (exact) mass is 263 g/mol. The first-order chi connectivity index (χ1) is 8.74. The molecule has 0 aromatic carbocycles. The number of nitrogens with zero attached hydrogens (tertiary/aromatic N) is 2. The fraction of sp³-hybridized carbons (Fsp3) is 0.571. The van der Waals surface area contributed by atoms with Crippen molar-refractivity contribution in [2.45, 2.75) is 46.1 Å². The van der Waals surface area contributed by atoms with Gasteiger partial charge in [0.05, 0.1) is 5.69 Å². The second-order valence-electron chi connectivity index (χ2n) is 4.64. The summed E-state index contributed by atoms with van der Waals surface area (Å²) in [5, 5.41) is 4.78. The molecule has 0 aliphatic rings. The van der Waals surface area contributed by atoms with E-state index < -0.39 is 0 Å². The zero-order valence-corrected chi connectivity index (χ0v) is 12.2. The van der Waals surface area contributed by atoms with Crippen LogP contribution < -0.4 is 5.32 Å². The summed E-state index contributed by atoms with van der Waals surface area (Å²) in [6.07, 6.45) is 5.09. The van der Waals surface area contributed by atoms with E-state index in [1.54, 1.807) is 17.7 Å². The summed E-state index contributed by atoms with van der Waals surface area (Å²) in [4.78, 5) is 11.3. The lowest BCUT2D eigenvalue weighted by Gasteiger charge is -2.16. The van der Waals surface area contributed by atoms with Gasteiger partial charge < -0.3 is 5.32 Å². The maximum absolute atomic E-state index is 4.48. The molecule has 0 fully saturated rings. The van der Waals surface area contributed by atoms with Gasteiger partial charge in [-0.2, -0.15) is 0 Å². The summed E-state index contributed by atoms with van der Waals surface area (Å²) in [5.74, 6) is 0. The molecule has 98 valence electrons. The normalized spacial score (nSPS) is 13.1. The maximum Gasteiger partial charge on any atom is 0.127 e. The van der Waals surface area contributed by atoms with Crippen LogP contribution in [0.4, 0.5) is 0 Å². The number of aromatic nitrogens is 2. The number of aryl methyl sites for hydroxylation is 1. The molecule has 0 saturated carbocycles. The Hall–Kier alpha value is -1.00. The number of hydrogen-bond acceptors (Lipinski definition) is 4. The fourth-order valence-electron chi connectivity index (χ4n) is 2.33. The minimum atomic E-state index is 0.526. The van der Waals surface area contributed by atoms with Crippen molar-refractivity contribution in [3.8, 4) is 0 Å². The van der Waals surface area contributed by atoms with Crippen molar-refractivity contribution < 1.29 is 0 Å². The predicted octanol–water partition coefficient (Wildman–Crippen LogP) is 3.32. The highest BCUT2D eigenvalue weighted by atomic mass is 32.1. The van der Waals surface area contributed by atoms with Gasteiger partial charge >= 0.3 is 0 Å². The summed E-state index contributed by atoms with van der Waals surface area (Å²) in [5.41, 5.74) is 1.18. The third-order valence-corrected chi connectivity index (χ3v) is 4.06. The second-order valence-corrected chi connectivity index (χ2v) is 5.88. The lowest BCUT2D eigenvalue weighted by Crippen LogP contribution is -2.31. The van der Waals surface area contributed by atoms with Crippen molar-refractivity contribution in [1.82, 2.24) is 15.3 Å². The SMILES string of the molecule is CCCC(Cc1ncnc2sc(C)cc12)NCC. The Kier molecular flexibility index (Phi) is 4.66. The second kappa shape index (κ2) is 6.25. The van der Waals surface area contributed by atoms with Crippen LogP contribution in [-0.2, 0) is 6.42 Å². The van der Waals surface area contributed by atoms with Crippen LogP contribution in [0.1, 0.15) is 37.3 Å². The molecule has 18 heavy (non-hydrogen) atoms. The van der Waals surface area contributed by atoms with Gasteiger partial charge in [0, 0.05) is 22.7 Å². The van der Waals surface area contributed by atoms with Gasteiger partial charge in [-0.25, -0.2) is 9.97 Å². The Morgan fingerprint density at radius 1 is 1.33 bits per heavy atom. The molecule has 0 amide bonds. The van der Waals surface area contributed by atoms with Crippen LogP contribution in [0.5, 0.6) is 0 Å². The highest BCUT2D eigenvalue weighted by molar-refractivity contribution is 7.18. The first kappa shape index (κ1) is 13.4. The van der Waals surface area contributed by atoms with E-state index in [2.05, 4.69) is 42.1 Å². The molecule has 0 aliphatic carbocycles. The van der Waals surface area contributed by atoms with Crippen LogP contribution in [0.25, 0.3) is 10.2 Å². The summed E-state index contributed by atoms with van der Waals surface area (Å²) in [6, 6.07) is 2.74. The predicted molar refractivity (Wildman–Crippen MR) is 78.2 cm³/mol. The van der Waals surface area contributed by atoms with Crippen molar-refractivity contribution in [3.05, 3.63) is 23.0 Å². The molecule has 2 rings (SSSR count). The summed E-state index contributed by atoms with van der Waals surface area (Å²) < 4.78 is 0. The minimum absolute atomic E-state index is 0.526. The quantitative estimate of drug-likeness (QED) is 0.868. The summed E-state index contributed by atoms with van der Waals surface area (Å²) in [7, 11) is 0. The number of nitrogens with one attached hydrogen (secondary N) is 1. The number of hydrogen-bond donors (Lipinski definition) is 1. The largest absolute Gasteiger partial charge is 0.314 e. The van der Waals surface area contributed by atoms with Crippen molar-refractivity contribution in [3.63, 3.8) is 0 Å². The van der Waals surface area contributed by atoms with Crippen LogP contribution in [-0.4, -0.2) is 22.6 Å². The van der Waals surface area contributed by atoms with Gasteiger partial charge in [-0.15, -0.1) is 11.3 Å². The van der Waals surface area contributed by atoms with Crippen LogP contribution in [0.15, 0.2) is 12.4 Å². The topological polar surface area (TPSA) is 37.8 Å². The van der Waals surface area contributed by atoms with Crippen molar-refractivity contribution in [2.24, 2.45) is 0 Å². The molecule has 1 atom stereocenters. The lowest BCUT2D eigenvalue weighted by molar-refractivity contribution is 0.483. The zero-order chi connectivity index (χ0) is 13.0. The minimum Gasteiger partial charge on any atom is -0.314 e. The van der Waals surface area contributed by atoms with E-state index in [9.17, 15) is 0 Å². The summed E-state index contributed by atoms with van der Waals surface area (Å²) in [6.45, 7) is 7.53. The molecule has 4 heteroatoms. The number of fused-ring (bicyclic) bond motifs is 1. The van der Waals surface area contributed by atoms with Crippen molar-refractivity contribution >= 4 is 21.6 Å². The van der Waals surface area contributed by atoms with Crippen LogP contribution in [0.3, 0.4) is 0 Å². The number of likely N-dealkylation sites (N-methyl/N-ethyl adjacent to an activating group) is 1. The zero-order valence-electron chi connectivity index (χ0n) is 11.4. The number of thiophene rings is 1. The van der Waals surface area contributed by atoms with Gasteiger partial charge in [0.2, 0.25) is 0 Å². The summed E-state index contributed by atoms with van der Waals surface area (Å²) >= 11 is 1.75. The smallest absolute Gasteiger partial charge is 0.127 e. The molecule has 2 aromatic rings. The van der Waals surface area contributed by atoms with E-state index in [1.807, 2.05) is 0 Å². The maximum atomic E-state index is 4.48. The third kappa shape index (κ3) is 3.06. The van der Waals surface area contributed by atoms with Gasteiger partial charge in [-0.3, -0.25) is 0 Å². The first-order valence-corrected chi connectivity index (χ1v) is 7.49. The highest BCUT2D eigenvalue weighted by Crippen LogP contribution is 2.25. The average Bonchev–Trinajstić information content (AvgIpc) is 2.71.